The Bertz CT molecular complexity index is 960. The number of H-pyrrole nitrogens is 1. The molecule has 1 aliphatic heterocycles. The minimum absolute atomic E-state index is 0.123. The molecule has 4 rings (SSSR count). The van der Waals surface area contributed by atoms with E-state index in [1.54, 1.807) is 17.0 Å². The van der Waals surface area contributed by atoms with Gasteiger partial charge in [-0.15, -0.1) is 0 Å². The van der Waals surface area contributed by atoms with E-state index in [4.69, 9.17) is 11.6 Å². The van der Waals surface area contributed by atoms with E-state index >= 15 is 0 Å². The Balaban J connectivity index is 1.48. The molecule has 0 aliphatic carbocycles. The Morgan fingerprint density at radius 1 is 1.12 bits per heavy atom. The van der Waals surface area contributed by atoms with Crippen molar-refractivity contribution < 1.29 is 4.79 Å². The molecule has 126 valence electrons. The molecule has 3 aromatic rings. The predicted molar refractivity (Wildman–Crippen MR) is 103 cm³/mol. The SMILES string of the molecule is O=C(Nc1ccccc1Cl)N1CC=C(c2c[nH]c3ccccc23)CC1. The van der Waals surface area contributed by atoms with Crippen LogP contribution in [0.2, 0.25) is 5.02 Å². The standard InChI is InChI=1S/C20H18ClN3O/c21-17-6-2-4-8-19(17)23-20(25)24-11-9-14(10-12-24)16-13-22-18-7-3-1-5-15(16)18/h1-9,13,22H,10-12H2,(H,23,25). The summed E-state index contributed by atoms with van der Waals surface area (Å²) in [6.07, 6.45) is 5.01. The summed E-state index contributed by atoms with van der Waals surface area (Å²) in [7, 11) is 0. The number of anilines is 1. The van der Waals surface area contributed by atoms with Gasteiger partial charge < -0.3 is 15.2 Å². The number of aromatic nitrogens is 1. The molecule has 2 N–H and O–H groups in total. The van der Waals surface area contributed by atoms with Gasteiger partial charge in [0.05, 0.1) is 10.7 Å². The predicted octanol–water partition coefficient (Wildman–Crippen LogP) is 5.14. The molecular formula is C20H18ClN3O. The summed E-state index contributed by atoms with van der Waals surface area (Å²) >= 11 is 6.10. The van der Waals surface area contributed by atoms with Crippen molar-refractivity contribution in [3.63, 3.8) is 0 Å². The van der Waals surface area contributed by atoms with Crippen molar-refractivity contribution in [2.24, 2.45) is 0 Å². The van der Waals surface area contributed by atoms with E-state index in [0.717, 1.165) is 11.9 Å². The van der Waals surface area contributed by atoms with E-state index in [1.807, 2.05) is 24.3 Å². The first kappa shape index (κ1) is 15.8. The fraction of sp³-hybridized carbons (Fsp3) is 0.150. The van der Waals surface area contributed by atoms with Crippen LogP contribution in [0, 0.1) is 0 Å². The van der Waals surface area contributed by atoms with Crippen LogP contribution in [0.3, 0.4) is 0 Å². The highest BCUT2D eigenvalue weighted by molar-refractivity contribution is 6.33. The summed E-state index contributed by atoms with van der Waals surface area (Å²) in [5.41, 5.74) is 4.28. The molecule has 1 aliphatic rings. The number of hydrogen-bond donors (Lipinski definition) is 2. The highest BCUT2D eigenvalue weighted by atomic mass is 35.5. The lowest BCUT2D eigenvalue weighted by Crippen LogP contribution is -2.37. The summed E-state index contributed by atoms with van der Waals surface area (Å²) in [6.45, 7) is 1.27. The summed E-state index contributed by atoms with van der Waals surface area (Å²) in [6, 6.07) is 15.4. The Labute approximate surface area is 151 Å². The van der Waals surface area contributed by atoms with Crippen molar-refractivity contribution in [1.29, 1.82) is 0 Å². The van der Waals surface area contributed by atoms with Crippen molar-refractivity contribution in [3.05, 3.63) is 71.4 Å². The maximum Gasteiger partial charge on any atom is 0.322 e. The molecule has 5 heteroatoms. The van der Waals surface area contributed by atoms with Crippen LogP contribution in [-0.4, -0.2) is 29.0 Å². The van der Waals surface area contributed by atoms with Crippen LogP contribution < -0.4 is 5.32 Å². The molecule has 4 nitrogen and oxygen atoms in total. The zero-order valence-electron chi connectivity index (χ0n) is 13.6. The van der Waals surface area contributed by atoms with Gasteiger partial charge in [-0.25, -0.2) is 4.79 Å². The fourth-order valence-corrected chi connectivity index (χ4v) is 3.38. The number of para-hydroxylation sites is 2. The number of rotatable bonds is 2. The molecule has 2 aromatic carbocycles. The number of hydrogen-bond acceptors (Lipinski definition) is 1. The highest BCUT2D eigenvalue weighted by Gasteiger charge is 2.19. The quantitative estimate of drug-likeness (QED) is 0.659. The summed E-state index contributed by atoms with van der Waals surface area (Å²) in [5, 5.41) is 4.65. The number of benzene rings is 2. The first-order valence-corrected chi connectivity index (χ1v) is 8.66. The number of amides is 2. The molecule has 0 unspecified atom stereocenters. The molecule has 0 radical (unpaired) electrons. The first-order valence-electron chi connectivity index (χ1n) is 8.28. The maximum absolute atomic E-state index is 12.4. The van der Waals surface area contributed by atoms with Gasteiger partial charge in [-0.3, -0.25) is 0 Å². The van der Waals surface area contributed by atoms with Crippen molar-refractivity contribution >= 4 is 39.8 Å². The zero-order chi connectivity index (χ0) is 17.2. The number of carbonyl (C=O) groups is 1. The smallest absolute Gasteiger partial charge is 0.322 e. The van der Waals surface area contributed by atoms with Gasteiger partial charge in [0.2, 0.25) is 0 Å². The largest absolute Gasteiger partial charge is 0.361 e. The second-order valence-corrected chi connectivity index (χ2v) is 6.49. The Morgan fingerprint density at radius 3 is 2.72 bits per heavy atom. The van der Waals surface area contributed by atoms with Crippen molar-refractivity contribution in [3.8, 4) is 0 Å². The lowest BCUT2D eigenvalue weighted by atomic mass is 9.99. The van der Waals surface area contributed by atoms with Gasteiger partial charge in [-0.1, -0.05) is 48.0 Å². The van der Waals surface area contributed by atoms with Gasteiger partial charge in [0.1, 0.15) is 0 Å². The minimum Gasteiger partial charge on any atom is -0.361 e. The lowest BCUT2D eigenvalue weighted by molar-refractivity contribution is 0.217. The Kier molecular flexibility index (Phi) is 4.20. The van der Waals surface area contributed by atoms with Crippen LogP contribution in [0.1, 0.15) is 12.0 Å². The number of nitrogens with one attached hydrogen (secondary N) is 2. The van der Waals surface area contributed by atoms with Gasteiger partial charge in [0.15, 0.2) is 0 Å². The number of halogens is 1. The molecule has 2 heterocycles. The van der Waals surface area contributed by atoms with Gasteiger partial charge in [-0.2, -0.15) is 0 Å². The summed E-state index contributed by atoms with van der Waals surface area (Å²) < 4.78 is 0. The molecule has 0 atom stereocenters. The summed E-state index contributed by atoms with van der Waals surface area (Å²) in [5.74, 6) is 0. The normalized spacial score (nSPS) is 14.4. The third kappa shape index (κ3) is 3.13. The molecule has 1 aromatic heterocycles. The van der Waals surface area contributed by atoms with Crippen LogP contribution in [0.15, 0.2) is 60.8 Å². The first-order chi connectivity index (χ1) is 12.2. The number of urea groups is 1. The maximum atomic E-state index is 12.4. The van der Waals surface area contributed by atoms with Gasteiger partial charge in [0, 0.05) is 35.8 Å². The molecule has 0 bridgehead atoms. The van der Waals surface area contributed by atoms with Gasteiger partial charge in [-0.05, 0) is 30.2 Å². The zero-order valence-corrected chi connectivity index (χ0v) is 14.4. The van der Waals surface area contributed by atoms with Crippen LogP contribution >= 0.6 is 11.6 Å². The second-order valence-electron chi connectivity index (χ2n) is 6.08. The van der Waals surface area contributed by atoms with Crippen molar-refractivity contribution in [2.75, 3.05) is 18.4 Å². The number of nitrogens with zero attached hydrogens (tertiary/aromatic N) is 1. The van der Waals surface area contributed by atoms with Gasteiger partial charge in [0.25, 0.3) is 0 Å². The van der Waals surface area contributed by atoms with E-state index in [0.29, 0.717) is 23.8 Å². The third-order valence-electron chi connectivity index (χ3n) is 4.55. The molecule has 25 heavy (non-hydrogen) atoms. The van der Waals surface area contributed by atoms with E-state index in [-0.39, 0.29) is 6.03 Å². The van der Waals surface area contributed by atoms with E-state index in [2.05, 4.69) is 34.7 Å². The van der Waals surface area contributed by atoms with Crippen molar-refractivity contribution in [2.45, 2.75) is 6.42 Å². The molecule has 0 saturated carbocycles. The Hall–Kier alpha value is -2.72. The van der Waals surface area contributed by atoms with Crippen LogP contribution in [0.5, 0.6) is 0 Å². The molecule has 0 fully saturated rings. The number of aromatic amines is 1. The number of fused-ring (bicyclic) bond motifs is 1. The average Bonchev–Trinajstić information content (AvgIpc) is 3.08. The lowest BCUT2D eigenvalue weighted by Gasteiger charge is -2.27. The summed E-state index contributed by atoms with van der Waals surface area (Å²) in [4.78, 5) is 17.5. The minimum atomic E-state index is -0.123. The fourth-order valence-electron chi connectivity index (χ4n) is 3.19. The third-order valence-corrected chi connectivity index (χ3v) is 4.88. The van der Waals surface area contributed by atoms with E-state index < -0.39 is 0 Å². The molecular weight excluding hydrogens is 334 g/mol. The monoisotopic (exact) mass is 351 g/mol. The van der Waals surface area contributed by atoms with Crippen LogP contribution in [0.4, 0.5) is 10.5 Å². The number of carbonyl (C=O) groups excluding carboxylic acids is 1. The topological polar surface area (TPSA) is 48.1 Å². The Morgan fingerprint density at radius 2 is 1.92 bits per heavy atom. The second kappa shape index (κ2) is 6.65. The van der Waals surface area contributed by atoms with Crippen LogP contribution in [-0.2, 0) is 0 Å². The average molecular weight is 352 g/mol. The van der Waals surface area contributed by atoms with Crippen LogP contribution in [0.25, 0.3) is 16.5 Å². The van der Waals surface area contributed by atoms with E-state index in [9.17, 15) is 4.79 Å². The van der Waals surface area contributed by atoms with Gasteiger partial charge >= 0.3 is 6.03 Å². The molecule has 2 amide bonds. The molecule has 0 spiro atoms. The van der Waals surface area contributed by atoms with E-state index in [1.165, 1.54) is 16.5 Å². The highest BCUT2D eigenvalue weighted by Crippen LogP contribution is 2.29. The van der Waals surface area contributed by atoms with Crippen molar-refractivity contribution in [1.82, 2.24) is 9.88 Å². The molecule has 0 saturated heterocycles.